The maximum absolute atomic E-state index is 4.53. The molecule has 0 bridgehead atoms. The Kier molecular flexibility index (Phi) is 4.27. The van der Waals surface area contributed by atoms with E-state index in [1.165, 1.54) is 53.7 Å². The number of hydrogen-bond donors (Lipinski definition) is 0. The molecule has 0 saturated carbocycles. The van der Waals surface area contributed by atoms with Gasteiger partial charge in [-0.15, -0.1) is 11.3 Å². The molecule has 3 heterocycles. The minimum absolute atomic E-state index is 0.420. The van der Waals surface area contributed by atoms with Crippen LogP contribution in [0.15, 0.2) is 48.0 Å². The maximum Gasteiger partial charge on any atom is 0.0886 e. The van der Waals surface area contributed by atoms with E-state index in [0.717, 1.165) is 12.1 Å². The van der Waals surface area contributed by atoms with Crippen LogP contribution in [0, 0.1) is 0 Å². The Bertz CT molecular complexity index is 912. The fourth-order valence-corrected chi connectivity index (χ4v) is 5.46. The summed E-state index contributed by atoms with van der Waals surface area (Å²) >= 11 is 1.72. The largest absolute Gasteiger partial charge is 0.286 e. The van der Waals surface area contributed by atoms with Crippen molar-refractivity contribution in [1.82, 2.24) is 14.8 Å². The third-order valence-electron chi connectivity index (χ3n) is 6.03. The fraction of sp³-hybridized carbons (Fsp3) is 0.409. The zero-order valence-corrected chi connectivity index (χ0v) is 16.1. The Labute approximate surface area is 159 Å². The Morgan fingerprint density at radius 3 is 2.65 bits per heavy atom. The molecular weight excluding hydrogens is 338 g/mol. The second kappa shape index (κ2) is 6.76. The summed E-state index contributed by atoms with van der Waals surface area (Å²) in [4.78, 5) is 9.78. The number of hydrogen-bond acceptors (Lipinski definition) is 4. The van der Waals surface area contributed by atoms with Crippen molar-refractivity contribution >= 4 is 21.6 Å². The summed E-state index contributed by atoms with van der Waals surface area (Å²) < 4.78 is 1.28. The van der Waals surface area contributed by atoms with Gasteiger partial charge in [-0.1, -0.05) is 36.8 Å². The highest BCUT2D eigenvalue weighted by molar-refractivity contribution is 7.16. The predicted octanol–water partition coefficient (Wildman–Crippen LogP) is 4.86. The summed E-state index contributed by atoms with van der Waals surface area (Å²) in [5, 5.41) is 0. The molecule has 2 unspecified atom stereocenters. The number of rotatable bonds is 2. The number of likely N-dealkylation sites (tertiary alicyclic amines) is 1. The van der Waals surface area contributed by atoms with Gasteiger partial charge in [0.25, 0.3) is 0 Å². The molecule has 2 aromatic carbocycles. The lowest BCUT2D eigenvalue weighted by Gasteiger charge is -2.46. The van der Waals surface area contributed by atoms with Gasteiger partial charge >= 0.3 is 0 Å². The van der Waals surface area contributed by atoms with Crippen LogP contribution >= 0.6 is 11.3 Å². The monoisotopic (exact) mass is 363 g/mol. The molecule has 0 spiro atoms. The van der Waals surface area contributed by atoms with E-state index in [4.69, 9.17) is 0 Å². The van der Waals surface area contributed by atoms with Crippen LogP contribution in [0.5, 0.6) is 0 Å². The molecule has 2 aliphatic heterocycles. The number of aromatic nitrogens is 1. The summed E-state index contributed by atoms with van der Waals surface area (Å²) in [7, 11) is 2.30. The molecule has 0 amide bonds. The second-order valence-corrected chi connectivity index (χ2v) is 8.56. The van der Waals surface area contributed by atoms with E-state index in [1.54, 1.807) is 11.3 Å². The molecule has 1 fully saturated rings. The summed E-state index contributed by atoms with van der Waals surface area (Å²) in [6, 6.07) is 15.9. The molecular formula is C22H25N3S. The van der Waals surface area contributed by atoms with Gasteiger partial charge in [0.1, 0.15) is 0 Å². The zero-order chi connectivity index (χ0) is 17.5. The van der Waals surface area contributed by atoms with Crippen LogP contribution in [0.2, 0.25) is 0 Å². The van der Waals surface area contributed by atoms with Crippen LogP contribution in [-0.2, 0) is 0 Å². The van der Waals surface area contributed by atoms with Gasteiger partial charge in [-0.05, 0) is 61.8 Å². The first-order valence-corrected chi connectivity index (χ1v) is 10.6. The van der Waals surface area contributed by atoms with Crippen molar-refractivity contribution in [1.29, 1.82) is 0 Å². The van der Waals surface area contributed by atoms with Crippen molar-refractivity contribution in [3.8, 4) is 0 Å². The van der Waals surface area contributed by atoms with E-state index in [0.29, 0.717) is 12.1 Å². The van der Waals surface area contributed by atoms with Crippen LogP contribution < -0.4 is 0 Å². The average molecular weight is 364 g/mol. The van der Waals surface area contributed by atoms with E-state index in [9.17, 15) is 0 Å². The van der Waals surface area contributed by atoms with Crippen molar-refractivity contribution < 1.29 is 0 Å². The third-order valence-corrected chi connectivity index (χ3v) is 6.84. The van der Waals surface area contributed by atoms with Crippen LogP contribution in [0.3, 0.4) is 0 Å². The second-order valence-electron chi connectivity index (χ2n) is 7.67. The standard InChI is InChI=1S/C22H25N3S/c1-24-14-19(16-9-10-21-20(13-16)23-15-26-21)17-7-3-4-8-18(17)22(24)25-11-5-2-6-12-25/h3-4,7-10,13,15,19,22H,2,5-6,11-12,14H2,1H3. The molecule has 4 heteroatoms. The highest BCUT2D eigenvalue weighted by Gasteiger charge is 2.35. The van der Waals surface area contributed by atoms with Crippen LogP contribution in [0.4, 0.5) is 0 Å². The number of likely N-dealkylation sites (N-methyl/N-ethyl adjacent to an activating group) is 1. The van der Waals surface area contributed by atoms with E-state index in [1.807, 2.05) is 5.51 Å². The first kappa shape index (κ1) is 16.4. The average Bonchev–Trinajstić information content (AvgIpc) is 3.16. The zero-order valence-electron chi connectivity index (χ0n) is 15.3. The number of thiazole rings is 1. The molecule has 134 valence electrons. The maximum atomic E-state index is 4.53. The highest BCUT2D eigenvalue weighted by Crippen LogP contribution is 2.41. The lowest BCUT2D eigenvalue weighted by Crippen LogP contribution is -2.46. The van der Waals surface area contributed by atoms with Gasteiger partial charge in [0.2, 0.25) is 0 Å². The first-order valence-electron chi connectivity index (χ1n) is 9.67. The molecule has 0 N–H and O–H groups in total. The van der Waals surface area contributed by atoms with E-state index >= 15 is 0 Å². The molecule has 2 aliphatic rings. The molecule has 2 atom stereocenters. The molecule has 0 aliphatic carbocycles. The van der Waals surface area contributed by atoms with Gasteiger partial charge in [-0.2, -0.15) is 0 Å². The van der Waals surface area contributed by atoms with Crippen molar-refractivity contribution in [2.45, 2.75) is 31.3 Å². The van der Waals surface area contributed by atoms with Gasteiger partial charge < -0.3 is 0 Å². The van der Waals surface area contributed by atoms with Gasteiger partial charge in [-0.3, -0.25) is 9.80 Å². The number of nitrogens with zero attached hydrogens (tertiary/aromatic N) is 3. The third kappa shape index (κ3) is 2.77. The molecule has 0 radical (unpaired) electrons. The van der Waals surface area contributed by atoms with Gasteiger partial charge in [0.15, 0.2) is 0 Å². The topological polar surface area (TPSA) is 19.4 Å². The normalized spacial score (nSPS) is 24.7. The molecule has 3 nitrogen and oxygen atoms in total. The van der Waals surface area contributed by atoms with E-state index in [2.05, 4.69) is 64.3 Å². The Morgan fingerprint density at radius 1 is 1.00 bits per heavy atom. The lowest BCUT2D eigenvalue weighted by molar-refractivity contribution is 0.0338. The summed E-state index contributed by atoms with van der Waals surface area (Å²) in [5.74, 6) is 0.420. The molecule has 5 rings (SSSR count). The predicted molar refractivity (Wildman–Crippen MR) is 109 cm³/mol. The summed E-state index contributed by atoms with van der Waals surface area (Å²) in [6.07, 6.45) is 4.46. The minimum Gasteiger partial charge on any atom is -0.286 e. The number of benzene rings is 2. The minimum atomic E-state index is 0.420. The van der Waals surface area contributed by atoms with Crippen molar-refractivity contribution in [2.75, 3.05) is 26.7 Å². The quantitative estimate of drug-likeness (QED) is 0.648. The molecule has 1 saturated heterocycles. The fourth-order valence-electron chi connectivity index (χ4n) is 4.80. The van der Waals surface area contributed by atoms with E-state index in [-0.39, 0.29) is 0 Å². The first-order chi connectivity index (χ1) is 12.8. The van der Waals surface area contributed by atoms with Crippen LogP contribution in [0.1, 0.15) is 48.0 Å². The van der Waals surface area contributed by atoms with Crippen molar-refractivity contribution in [3.63, 3.8) is 0 Å². The van der Waals surface area contributed by atoms with Gasteiger partial charge in [0, 0.05) is 12.5 Å². The smallest absolute Gasteiger partial charge is 0.0886 e. The van der Waals surface area contributed by atoms with Crippen molar-refractivity contribution in [2.24, 2.45) is 0 Å². The highest BCUT2D eigenvalue weighted by atomic mass is 32.1. The Balaban J connectivity index is 1.56. The summed E-state index contributed by atoms with van der Waals surface area (Å²) in [5.41, 5.74) is 7.45. The van der Waals surface area contributed by atoms with Gasteiger partial charge in [0.05, 0.1) is 21.9 Å². The van der Waals surface area contributed by atoms with E-state index < -0.39 is 0 Å². The lowest BCUT2D eigenvalue weighted by atomic mass is 9.83. The SMILES string of the molecule is CN1CC(c2ccc3scnc3c2)c2ccccc2C1N1CCCCC1. The molecule has 3 aromatic rings. The van der Waals surface area contributed by atoms with Crippen LogP contribution in [0.25, 0.3) is 10.2 Å². The Hall–Kier alpha value is -1.75. The number of piperidine rings is 1. The Morgan fingerprint density at radius 2 is 1.81 bits per heavy atom. The molecule has 26 heavy (non-hydrogen) atoms. The summed E-state index contributed by atoms with van der Waals surface area (Å²) in [6.45, 7) is 3.51. The van der Waals surface area contributed by atoms with Gasteiger partial charge in [-0.25, -0.2) is 4.98 Å². The molecule has 1 aromatic heterocycles. The number of fused-ring (bicyclic) bond motifs is 2. The van der Waals surface area contributed by atoms with Crippen molar-refractivity contribution in [3.05, 3.63) is 64.7 Å². The van der Waals surface area contributed by atoms with Crippen LogP contribution in [-0.4, -0.2) is 41.5 Å².